The second-order valence-electron chi connectivity index (χ2n) is 10.9. The Hall–Kier alpha value is -1.81. The predicted octanol–water partition coefficient (Wildman–Crippen LogP) is 4.74. The van der Waals surface area contributed by atoms with Gasteiger partial charge in [-0.15, -0.1) is 0 Å². The summed E-state index contributed by atoms with van der Waals surface area (Å²) in [4.78, 5) is 17.9. The summed E-state index contributed by atoms with van der Waals surface area (Å²) >= 11 is 0. The van der Waals surface area contributed by atoms with Crippen LogP contribution in [0.1, 0.15) is 50.7 Å². The number of hydrogen-bond acceptors (Lipinski definition) is 4. The largest absolute Gasteiger partial charge is 0.461 e. The number of piperazine rings is 1. The summed E-state index contributed by atoms with van der Waals surface area (Å²) in [6.07, 6.45) is 7.44. The number of allylic oxidation sites excluding steroid dienone is 1. The number of esters is 1. The molecule has 4 aliphatic rings. The molecular formula is C27H38N2O2. The molecule has 2 saturated heterocycles. The number of rotatable bonds is 3. The number of nitrogens with zero attached hydrogens (tertiary/aromatic N) is 2. The minimum atomic E-state index is 0.00355. The van der Waals surface area contributed by atoms with E-state index in [0.717, 1.165) is 39.1 Å². The number of anilines is 1. The van der Waals surface area contributed by atoms with Gasteiger partial charge in [-0.25, -0.2) is 0 Å². The molecule has 3 fully saturated rings. The number of ether oxygens (including phenoxy) is 1. The molecule has 5 atom stereocenters. The van der Waals surface area contributed by atoms with Gasteiger partial charge in [0.15, 0.2) is 0 Å². The fraction of sp³-hybridized carbons (Fsp3) is 0.667. The lowest BCUT2D eigenvalue weighted by atomic mass is 9.59. The average molecular weight is 423 g/mol. The predicted molar refractivity (Wildman–Crippen MR) is 125 cm³/mol. The van der Waals surface area contributed by atoms with E-state index in [0.29, 0.717) is 5.92 Å². The maximum atomic E-state index is 12.9. The zero-order valence-corrected chi connectivity index (χ0v) is 19.7. The average Bonchev–Trinajstić information content (AvgIpc) is 3.01. The Bertz CT molecular complexity index is 885. The van der Waals surface area contributed by atoms with Crippen LogP contribution in [-0.4, -0.2) is 49.7 Å². The highest BCUT2D eigenvalue weighted by Gasteiger charge is 2.52. The van der Waals surface area contributed by atoms with Gasteiger partial charge in [-0.1, -0.05) is 49.6 Å². The third kappa shape index (κ3) is 3.82. The fourth-order valence-corrected chi connectivity index (χ4v) is 6.87. The number of fused-ring (bicyclic) bond motifs is 2. The second-order valence-corrected chi connectivity index (χ2v) is 10.9. The molecule has 1 unspecified atom stereocenters. The van der Waals surface area contributed by atoms with Gasteiger partial charge in [0.1, 0.15) is 6.10 Å². The van der Waals surface area contributed by atoms with Crippen LogP contribution in [0.3, 0.4) is 0 Å². The summed E-state index contributed by atoms with van der Waals surface area (Å²) in [6.45, 7) is 14.1. The van der Waals surface area contributed by atoms with Crippen molar-refractivity contribution in [3.63, 3.8) is 0 Å². The summed E-state index contributed by atoms with van der Waals surface area (Å²) in [6, 6.07) is 6.74. The molecule has 2 aliphatic carbocycles. The van der Waals surface area contributed by atoms with Crippen LogP contribution < -0.4 is 4.90 Å². The van der Waals surface area contributed by atoms with Crippen LogP contribution in [0.25, 0.3) is 0 Å². The zero-order chi connectivity index (χ0) is 21.8. The summed E-state index contributed by atoms with van der Waals surface area (Å²) < 4.78 is 5.97. The molecule has 0 bridgehead atoms. The summed E-state index contributed by atoms with van der Waals surface area (Å²) in [5.74, 6) is 0.966. The van der Waals surface area contributed by atoms with Crippen molar-refractivity contribution >= 4 is 11.7 Å². The smallest absolute Gasteiger partial charge is 0.311 e. The Balaban J connectivity index is 1.26. The molecule has 0 radical (unpaired) electrons. The van der Waals surface area contributed by atoms with Gasteiger partial charge in [-0.05, 0) is 56.1 Å². The third-order valence-corrected chi connectivity index (χ3v) is 8.60. The maximum absolute atomic E-state index is 12.9. The first-order chi connectivity index (χ1) is 14.8. The summed E-state index contributed by atoms with van der Waals surface area (Å²) in [5, 5.41) is 0. The van der Waals surface area contributed by atoms with Crippen molar-refractivity contribution < 1.29 is 9.53 Å². The van der Waals surface area contributed by atoms with Crippen molar-refractivity contribution in [3.8, 4) is 0 Å². The number of hydrogen-bond donors (Lipinski definition) is 0. The van der Waals surface area contributed by atoms with Gasteiger partial charge in [-0.3, -0.25) is 9.69 Å². The van der Waals surface area contributed by atoms with Gasteiger partial charge < -0.3 is 9.64 Å². The lowest BCUT2D eigenvalue weighted by molar-refractivity contribution is -0.145. The molecule has 5 rings (SSSR count). The van der Waals surface area contributed by atoms with Crippen LogP contribution in [0.5, 0.6) is 0 Å². The van der Waals surface area contributed by atoms with E-state index < -0.39 is 0 Å². The standard InChI is InChI=1S/C27H38N2O2/c1-18-7-8-24(20(3)14-18)29-12-10-28(11-13-29)17-22-21-15-23-19(2)6-5-9-27(23,4)16-25(21)31-26(22)30/h7-8,14-15,19,21-22,25H,5-6,9-13,16-17H2,1-4H3/t19-,21+,22?,25+,27+/m0/s1. The van der Waals surface area contributed by atoms with Crippen LogP contribution in [-0.2, 0) is 9.53 Å². The van der Waals surface area contributed by atoms with Crippen LogP contribution >= 0.6 is 0 Å². The van der Waals surface area contributed by atoms with Gasteiger partial charge in [0.2, 0.25) is 0 Å². The Morgan fingerprint density at radius 2 is 1.94 bits per heavy atom. The summed E-state index contributed by atoms with van der Waals surface area (Å²) in [7, 11) is 0. The number of benzene rings is 1. The normalized spacial score (nSPS) is 35.9. The Kier molecular flexibility index (Phi) is 5.40. The minimum absolute atomic E-state index is 0.00355. The fourth-order valence-electron chi connectivity index (χ4n) is 6.87. The van der Waals surface area contributed by atoms with Crippen LogP contribution in [0.15, 0.2) is 29.8 Å². The molecular weight excluding hydrogens is 384 g/mol. The first-order valence-electron chi connectivity index (χ1n) is 12.3. The molecule has 0 aromatic heterocycles. The van der Waals surface area contributed by atoms with Gasteiger partial charge in [0.05, 0.1) is 5.92 Å². The Morgan fingerprint density at radius 3 is 2.68 bits per heavy atom. The van der Waals surface area contributed by atoms with Crippen molar-refractivity contribution in [2.75, 3.05) is 37.6 Å². The van der Waals surface area contributed by atoms with Crippen LogP contribution in [0.2, 0.25) is 0 Å². The molecule has 4 heteroatoms. The van der Waals surface area contributed by atoms with E-state index in [1.807, 2.05) is 0 Å². The molecule has 2 heterocycles. The molecule has 0 spiro atoms. The van der Waals surface area contributed by atoms with E-state index in [9.17, 15) is 4.79 Å². The van der Waals surface area contributed by atoms with Crippen molar-refractivity contribution in [1.29, 1.82) is 0 Å². The van der Waals surface area contributed by atoms with E-state index in [4.69, 9.17) is 4.74 Å². The second kappa shape index (κ2) is 7.95. The number of carbonyl (C=O) groups is 1. The molecule has 2 aliphatic heterocycles. The number of aryl methyl sites for hydroxylation is 2. The lowest BCUT2D eigenvalue weighted by Gasteiger charge is -2.46. The molecule has 4 nitrogen and oxygen atoms in total. The highest BCUT2D eigenvalue weighted by Crippen LogP contribution is 2.54. The van der Waals surface area contributed by atoms with Gasteiger partial charge in [0.25, 0.3) is 0 Å². The Labute approximate surface area is 187 Å². The van der Waals surface area contributed by atoms with Crippen LogP contribution in [0.4, 0.5) is 5.69 Å². The molecule has 1 aromatic carbocycles. The van der Waals surface area contributed by atoms with Gasteiger partial charge in [0, 0.05) is 44.3 Å². The topological polar surface area (TPSA) is 32.8 Å². The summed E-state index contributed by atoms with van der Waals surface area (Å²) in [5.41, 5.74) is 5.88. The SMILES string of the molecule is Cc1ccc(N2CCN(CC3C(=O)O[C@@H]4C[C@@]5(C)CCC[C@H](C)C5=C[C@H]34)CC2)c(C)c1. The maximum Gasteiger partial charge on any atom is 0.311 e. The molecule has 0 N–H and O–H groups in total. The highest BCUT2D eigenvalue weighted by atomic mass is 16.6. The Morgan fingerprint density at radius 1 is 1.16 bits per heavy atom. The van der Waals surface area contributed by atoms with Crippen molar-refractivity contribution in [2.45, 2.75) is 59.5 Å². The van der Waals surface area contributed by atoms with E-state index in [1.54, 1.807) is 5.57 Å². The molecule has 1 saturated carbocycles. The molecule has 0 amide bonds. The zero-order valence-electron chi connectivity index (χ0n) is 19.7. The van der Waals surface area contributed by atoms with Crippen molar-refractivity contribution in [1.82, 2.24) is 4.90 Å². The van der Waals surface area contributed by atoms with Gasteiger partial charge in [-0.2, -0.15) is 0 Å². The van der Waals surface area contributed by atoms with E-state index in [1.165, 1.54) is 36.1 Å². The molecule has 168 valence electrons. The van der Waals surface area contributed by atoms with Gasteiger partial charge >= 0.3 is 5.97 Å². The first kappa shape index (κ1) is 21.1. The quantitative estimate of drug-likeness (QED) is 0.520. The lowest BCUT2D eigenvalue weighted by Crippen LogP contribution is -2.49. The highest BCUT2D eigenvalue weighted by molar-refractivity contribution is 5.76. The van der Waals surface area contributed by atoms with Crippen molar-refractivity contribution in [2.24, 2.45) is 23.2 Å². The van der Waals surface area contributed by atoms with E-state index in [2.05, 4.69) is 61.8 Å². The van der Waals surface area contributed by atoms with E-state index >= 15 is 0 Å². The first-order valence-corrected chi connectivity index (χ1v) is 12.3. The van der Waals surface area contributed by atoms with Crippen molar-refractivity contribution in [3.05, 3.63) is 41.0 Å². The minimum Gasteiger partial charge on any atom is -0.461 e. The number of carbonyl (C=O) groups excluding carboxylic acids is 1. The van der Waals surface area contributed by atoms with E-state index in [-0.39, 0.29) is 29.3 Å². The monoisotopic (exact) mass is 422 g/mol. The van der Waals surface area contributed by atoms with Crippen LogP contribution in [0, 0.1) is 37.0 Å². The third-order valence-electron chi connectivity index (χ3n) is 8.60. The molecule has 31 heavy (non-hydrogen) atoms. The molecule has 1 aromatic rings.